The minimum atomic E-state index is -1.08. The van der Waals surface area contributed by atoms with Gasteiger partial charge >= 0.3 is 5.97 Å². The first-order chi connectivity index (χ1) is 20.8. The highest BCUT2D eigenvalue weighted by Crippen LogP contribution is 2.33. The van der Waals surface area contributed by atoms with Crippen molar-refractivity contribution in [2.45, 2.75) is 52.7 Å². The van der Waals surface area contributed by atoms with Crippen molar-refractivity contribution in [3.63, 3.8) is 0 Å². The van der Waals surface area contributed by atoms with Gasteiger partial charge in [0.05, 0.1) is 18.2 Å². The summed E-state index contributed by atoms with van der Waals surface area (Å²) in [6.45, 7) is 8.69. The maximum absolute atomic E-state index is 13.8. The molecule has 4 rings (SSSR count). The Morgan fingerprint density at radius 3 is 2.30 bits per heavy atom. The van der Waals surface area contributed by atoms with Crippen LogP contribution in [-0.4, -0.2) is 40.2 Å². The van der Waals surface area contributed by atoms with Crippen LogP contribution < -0.4 is 15.6 Å². The van der Waals surface area contributed by atoms with Crippen LogP contribution in [0.15, 0.2) is 77.6 Å². The summed E-state index contributed by atoms with van der Waals surface area (Å²) in [5, 5.41) is 7.66. The molecule has 44 heavy (non-hydrogen) atoms. The van der Waals surface area contributed by atoms with E-state index in [0.29, 0.717) is 27.4 Å². The number of carbonyl (C=O) groups is 3. The molecule has 0 aliphatic heterocycles. The monoisotopic (exact) mass is 615 g/mol. The molecule has 0 saturated carbocycles. The molecule has 1 atom stereocenters. The standard InChI is InChI=1S/C34H34ClN3O6/c1-20-8-7-9-22(16-20)17-29(31(41)36-25-13-10-23(11-14-25)33(42)44-34(3,4)5)38-30(40)19-28(32(37-38)43-6)27-18-24(35)12-15-26(27)21(2)39/h7-16,18-19,29H,17H2,1-6H3,(H,36,41). The number of Topliss-reactive ketones (excluding diaryl/α,β-unsaturated/α-hetero) is 1. The minimum Gasteiger partial charge on any atom is -0.480 e. The van der Waals surface area contributed by atoms with Gasteiger partial charge in [-0.25, -0.2) is 9.48 Å². The third-order valence-corrected chi connectivity index (χ3v) is 6.90. The Bertz CT molecular complexity index is 1770. The summed E-state index contributed by atoms with van der Waals surface area (Å²) < 4.78 is 12.0. The Kier molecular flexibility index (Phi) is 9.69. The average molecular weight is 616 g/mol. The largest absolute Gasteiger partial charge is 0.480 e. The minimum absolute atomic E-state index is 0.0399. The van der Waals surface area contributed by atoms with Gasteiger partial charge in [-0.15, -0.1) is 5.10 Å². The third kappa shape index (κ3) is 7.79. The predicted octanol–water partition coefficient (Wildman–Crippen LogP) is 6.46. The predicted molar refractivity (Wildman–Crippen MR) is 170 cm³/mol. The molecule has 3 aromatic carbocycles. The van der Waals surface area contributed by atoms with E-state index in [0.717, 1.165) is 15.8 Å². The summed E-state index contributed by atoms with van der Waals surface area (Å²) in [5.74, 6) is -1.17. The van der Waals surface area contributed by atoms with Crippen molar-refractivity contribution in [3.8, 4) is 17.0 Å². The van der Waals surface area contributed by atoms with Gasteiger partial charge in [-0.05, 0) is 88.2 Å². The van der Waals surface area contributed by atoms with Gasteiger partial charge < -0.3 is 14.8 Å². The van der Waals surface area contributed by atoms with Crippen LogP contribution in [-0.2, 0) is 16.0 Å². The third-order valence-electron chi connectivity index (χ3n) is 6.66. The summed E-state index contributed by atoms with van der Waals surface area (Å²) in [7, 11) is 1.39. The molecule has 0 aliphatic carbocycles. The van der Waals surface area contributed by atoms with Crippen LogP contribution in [0.3, 0.4) is 0 Å². The average Bonchev–Trinajstić information content (AvgIpc) is 2.95. The first-order valence-corrected chi connectivity index (χ1v) is 14.3. The van der Waals surface area contributed by atoms with E-state index < -0.39 is 29.1 Å². The van der Waals surface area contributed by atoms with Gasteiger partial charge in [-0.3, -0.25) is 14.4 Å². The zero-order valence-corrected chi connectivity index (χ0v) is 26.2. The van der Waals surface area contributed by atoms with Crippen molar-refractivity contribution in [2.24, 2.45) is 0 Å². The number of aryl methyl sites for hydroxylation is 1. The fourth-order valence-electron chi connectivity index (χ4n) is 4.67. The van der Waals surface area contributed by atoms with Gasteiger partial charge in [0.2, 0.25) is 11.8 Å². The molecule has 9 nitrogen and oxygen atoms in total. The molecular formula is C34H34ClN3O6. The SMILES string of the molecule is COc1nn(C(Cc2cccc(C)c2)C(=O)Nc2ccc(C(=O)OC(C)(C)C)cc2)c(=O)cc1-c1cc(Cl)ccc1C(C)=O. The molecule has 1 aromatic heterocycles. The smallest absolute Gasteiger partial charge is 0.338 e. The van der Waals surface area contributed by atoms with Crippen molar-refractivity contribution < 1.29 is 23.9 Å². The maximum Gasteiger partial charge on any atom is 0.338 e. The number of ether oxygens (including phenoxy) is 2. The first kappa shape index (κ1) is 32.2. The number of anilines is 1. The molecule has 0 radical (unpaired) electrons. The van der Waals surface area contributed by atoms with Gasteiger partial charge in [0.15, 0.2) is 5.78 Å². The van der Waals surface area contributed by atoms with Crippen LogP contribution >= 0.6 is 11.6 Å². The Morgan fingerprint density at radius 1 is 0.977 bits per heavy atom. The van der Waals surface area contributed by atoms with E-state index in [1.165, 1.54) is 20.1 Å². The lowest BCUT2D eigenvalue weighted by Crippen LogP contribution is -2.36. The normalized spacial score (nSPS) is 11.9. The van der Waals surface area contributed by atoms with Crippen molar-refractivity contribution >= 4 is 34.9 Å². The number of halogens is 1. The maximum atomic E-state index is 13.8. The van der Waals surface area contributed by atoms with Crippen LogP contribution in [0, 0.1) is 6.92 Å². The lowest BCUT2D eigenvalue weighted by molar-refractivity contribution is -0.119. The molecule has 1 heterocycles. The van der Waals surface area contributed by atoms with Crippen LogP contribution in [0.1, 0.15) is 65.6 Å². The number of nitrogens with zero attached hydrogens (tertiary/aromatic N) is 2. The Morgan fingerprint density at radius 2 is 1.68 bits per heavy atom. The highest BCUT2D eigenvalue weighted by molar-refractivity contribution is 6.31. The van der Waals surface area contributed by atoms with Crippen LogP contribution in [0.25, 0.3) is 11.1 Å². The van der Waals surface area contributed by atoms with E-state index >= 15 is 0 Å². The van der Waals surface area contributed by atoms with Crippen molar-refractivity contribution in [1.29, 1.82) is 0 Å². The number of aromatic nitrogens is 2. The van der Waals surface area contributed by atoms with E-state index in [2.05, 4.69) is 10.4 Å². The molecule has 1 N–H and O–H groups in total. The van der Waals surface area contributed by atoms with Crippen LogP contribution in [0.5, 0.6) is 5.88 Å². The van der Waals surface area contributed by atoms with Gasteiger partial charge in [-0.2, -0.15) is 0 Å². The summed E-state index contributed by atoms with van der Waals surface area (Å²) >= 11 is 6.23. The number of benzene rings is 3. The molecule has 1 amide bonds. The fraction of sp³-hybridized carbons (Fsp3) is 0.265. The van der Waals surface area contributed by atoms with Gasteiger partial charge in [0.25, 0.3) is 5.56 Å². The van der Waals surface area contributed by atoms with Crippen molar-refractivity contribution in [1.82, 2.24) is 9.78 Å². The van der Waals surface area contributed by atoms with Crippen molar-refractivity contribution in [3.05, 3.63) is 110 Å². The molecular weight excluding hydrogens is 582 g/mol. The van der Waals surface area contributed by atoms with Gasteiger partial charge in [0.1, 0.15) is 11.6 Å². The number of nitrogens with one attached hydrogen (secondary N) is 1. The van der Waals surface area contributed by atoms with E-state index in [1.54, 1.807) is 63.2 Å². The van der Waals surface area contributed by atoms with E-state index in [-0.39, 0.29) is 23.6 Å². The topological polar surface area (TPSA) is 117 Å². The van der Waals surface area contributed by atoms with Gasteiger partial charge in [-0.1, -0.05) is 41.4 Å². The lowest BCUT2D eigenvalue weighted by atomic mass is 9.98. The van der Waals surface area contributed by atoms with Gasteiger partial charge in [0, 0.05) is 28.8 Å². The lowest BCUT2D eigenvalue weighted by Gasteiger charge is -2.21. The zero-order chi connectivity index (χ0) is 32.2. The molecule has 4 aromatic rings. The molecule has 0 saturated heterocycles. The van der Waals surface area contributed by atoms with E-state index in [9.17, 15) is 19.2 Å². The summed E-state index contributed by atoms with van der Waals surface area (Å²) in [6, 6.07) is 18.8. The number of rotatable bonds is 9. The number of amides is 1. The van der Waals surface area contributed by atoms with Crippen molar-refractivity contribution in [2.75, 3.05) is 12.4 Å². The molecule has 0 spiro atoms. The molecule has 0 aliphatic rings. The molecule has 1 unspecified atom stereocenters. The Labute approximate surface area is 260 Å². The molecule has 0 bridgehead atoms. The number of carbonyl (C=O) groups excluding carboxylic acids is 3. The number of hydrogen-bond donors (Lipinski definition) is 1. The first-order valence-electron chi connectivity index (χ1n) is 13.9. The molecule has 10 heteroatoms. The quantitative estimate of drug-likeness (QED) is 0.170. The second kappa shape index (κ2) is 13.3. The second-order valence-electron chi connectivity index (χ2n) is 11.4. The fourth-order valence-corrected chi connectivity index (χ4v) is 4.84. The Balaban J connectivity index is 1.74. The molecule has 0 fully saturated rings. The highest BCUT2D eigenvalue weighted by atomic mass is 35.5. The summed E-state index contributed by atoms with van der Waals surface area (Å²) in [6.07, 6.45) is 0.148. The zero-order valence-electron chi connectivity index (χ0n) is 25.4. The number of methoxy groups -OCH3 is 1. The molecule has 228 valence electrons. The number of ketones is 1. The summed E-state index contributed by atoms with van der Waals surface area (Å²) in [5.41, 5.74) is 2.33. The van der Waals surface area contributed by atoms with E-state index in [4.69, 9.17) is 21.1 Å². The number of esters is 1. The number of hydrogen-bond acceptors (Lipinski definition) is 7. The summed E-state index contributed by atoms with van der Waals surface area (Å²) in [4.78, 5) is 52.2. The second-order valence-corrected chi connectivity index (χ2v) is 11.8. The van der Waals surface area contributed by atoms with E-state index in [1.807, 2.05) is 31.2 Å². The highest BCUT2D eigenvalue weighted by Gasteiger charge is 2.27. The Hall–Kier alpha value is -4.76. The van der Waals surface area contributed by atoms with Crippen LogP contribution in [0.2, 0.25) is 5.02 Å². The van der Waals surface area contributed by atoms with Crippen LogP contribution in [0.4, 0.5) is 5.69 Å².